The van der Waals surface area contributed by atoms with Crippen molar-refractivity contribution in [1.82, 2.24) is 20.5 Å². The molecule has 0 saturated carbocycles. The number of hydrogen-bond acceptors (Lipinski definition) is 6. The minimum absolute atomic E-state index is 0.231. The molecule has 2 aromatic carbocycles. The van der Waals surface area contributed by atoms with Crippen LogP contribution in [0.3, 0.4) is 0 Å². The molecule has 206 valence electrons. The molecule has 0 aliphatic carbocycles. The molecule has 2 atom stereocenters. The minimum atomic E-state index is -0.908. The van der Waals surface area contributed by atoms with E-state index in [1.807, 2.05) is 24.3 Å². The van der Waals surface area contributed by atoms with Crippen LogP contribution >= 0.6 is 11.6 Å². The molecule has 1 aliphatic heterocycles. The number of nitrogen functional groups attached to an aromatic ring is 1. The average molecular weight is 552 g/mol. The maximum absolute atomic E-state index is 13.7. The highest BCUT2D eigenvalue weighted by atomic mass is 35.5. The number of nitrogens with one attached hydrogen (secondary N) is 2. The number of nitrogens with zero attached hydrogens (tertiary/aromatic N) is 2. The zero-order valence-corrected chi connectivity index (χ0v) is 23.1. The highest BCUT2D eigenvalue weighted by Gasteiger charge is 2.38. The van der Waals surface area contributed by atoms with Gasteiger partial charge in [0.1, 0.15) is 23.5 Å². The third-order valence-corrected chi connectivity index (χ3v) is 6.76. The number of aromatic nitrogens is 1. The van der Waals surface area contributed by atoms with Gasteiger partial charge in [-0.25, -0.2) is 9.78 Å². The van der Waals surface area contributed by atoms with Crippen LogP contribution in [0.4, 0.5) is 10.6 Å². The minimum Gasteiger partial charge on any atom is -0.444 e. The molecule has 4 rings (SSSR count). The van der Waals surface area contributed by atoms with Crippen LogP contribution in [0.2, 0.25) is 5.02 Å². The van der Waals surface area contributed by atoms with E-state index in [0.717, 1.165) is 21.9 Å². The molecule has 2 heterocycles. The Kier molecular flexibility index (Phi) is 8.60. The first-order valence-corrected chi connectivity index (χ1v) is 13.3. The summed E-state index contributed by atoms with van der Waals surface area (Å²) in [6.45, 7) is 5.99. The average Bonchev–Trinajstić information content (AvgIpc) is 3.37. The molecule has 39 heavy (non-hydrogen) atoms. The molecule has 0 bridgehead atoms. The molecule has 1 aromatic heterocycles. The standard InChI is InChI=1S/C29H34ClN5O4/c1-29(2,3)39-28(38)34-23(16-18-6-9-21(30)10-7-18)27(37)35-14-4-5-24(35)26(36)33-17-19-8-11-22-20(15-19)12-13-32-25(22)31/h6-13,15,23-24H,4-5,14,16-17H2,1-3H3,(H2,31,32)(H,33,36)(H,34,38)/t23-,24+/m1/s1. The Bertz CT molecular complexity index is 1360. The first-order valence-electron chi connectivity index (χ1n) is 13.0. The molecule has 1 fully saturated rings. The lowest BCUT2D eigenvalue weighted by molar-refractivity contribution is -0.140. The van der Waals surface area contributed by atoms with Crippen LogP contribution < -0.4 is 16.4 Å². The summed E-state index contributed by atoms with van der Waals surface area (Å²) in [6.07, 6.45) is 2.41. The number of likely N-dealkylation sites (tertiary alicyclic amines) is 1. The number of amides is 3. The summed E-state index contributed by atoms with van der Waals surface area (Å²) in [5, 5.41) is 8.05. The van der Waals surface area contributed by atoms with Crippen molar-refractivity contribution < 1.29 is 19.1 Å². The molecule has 3 aromatic rings. The van der Waals surface area contributed by atoms with Gasteiger partial charge in [-0.1, -0.05) is 35.9 Å². The monoisotopic (exact) mass is 551 g/mol. The zero-order valence-electron chi connectivity index (χ0n) is 22.4. The summed E-state index contributed by atoms with van der Waals surface area (Å²) in [6, 6.07) is 13.1. The number of nitrogens with two attached hydrogens (primary N) is 1. The van der Waals surface area contributed by atoms with Gasteiger partial charge in [0.15, 0.2) is 0 Å². The largest absolute Gasteiger partial charge is 0.444 e. The number of alkyl carbamates (subject to hydrolysis) is 1. The van der Waals surface area contributed by atoms with Gasteiger partial charge in [-0.3, -0.25) is 9.59 Å². The molecule has 3 amide bonds. The molecule has 0 radical (unpaired) electrons. The second-order valence-electron chi connectivity index (χ2n) is 10.7. The molecule has 0 unspecified atom stereocenters. The molecule has 1 saturated heterocycles. The lowest BCUT2D eigenvalue weighted by Gasteiger charge is -2.29. The number of carbonyl (C=O) groups excluding carboxylic acids is 3. The van der Waals surface area contributed by atoms with E-state index in [9.17, 15) is 14.4 Å². The second kappa shape index (κ2) is 11.9. The molecule has 10 heteroatoms. The van der Waals surface area contributed by atoms with Crippen LogP contribution in [0.1, 0.15) is 44.7 Å². The van der Waals surface area contributed by atoms with Crippen molar-refractivity contribution in [1.29, 1.82) is 0 Å². The summed E-state index contributed by atoms with van der Waals surface area (Å²) in [4.78, 5) is 45.2. The number of pyridine rings is 1. The number of carbonyl (C=O) groups is 3. The van der Waals surface area contributed by atoms with E-state index >= 15 is 0 Å². The Morgan fingerprint density at radius 3 is 2.56 bits per heavy atom. The van der Waals surface area contributed by atoms with Gasteiger partial charge in [0.2, 0.25) is 11.8 Å². The van der Waals surface area contributed by atoms with Gasteiger partial charge in [0.05, 0.1) is 0 Å². The molecule has 0 spiro atoms. The fraction of sp³-hybridized carbons (Fsp3) is 0.379. The van der Waals surface area contributed by atoms with Crippen molar-refractivity contribution >= 4 is 46.1 Å². The lowest BCUT2D eigenvalue weighted by atomic mass is 10.0. The molecular weight excluding hydrogens is 518 g/mol. The zero-order chi connectivity index (χ0) is 28.2. The maximum atomic E-state index is 13.7. The predicted octanol–water partition coefficient (Wildman–Crippen LogP) is 4.21. The fourth-order valence-corrected chi connectivity index (χ4v) is 4.80. The predicted molar refractivity (Wildman–Crippen MR) is 151 cm³/mol. The van der Waals surface area contributed by atoms with E-state index in [-0.39, 0.29) is 18.2 Å². The Balaban J connectivity index is 1.46. The number of benzene rings is 2. The number of rotatable bonds is 7. The smallest absolute Gasteiger partial charge is 0.408 e. The van der Waals surface area contributed by atoms with Crippen LogP contribution in [-0.4, -0.2) is 52.0 Å². The van der Waals surface area contributed by atoms with Gasteiger partial charge in [-0.15, -0.1) is 0 Å². The quantitative estimate of drug-likeness (QED) is 0.403. The Hall–Kier alpha value is -3.85. The maximum Gasteiger partial charge on any atom is 0.408 e. The summed E-state index contributed by atoms with van der Waals surface area (Å²) >= 11 is 6.02. The molecule has 1 aliphatic rings. The Morgan fingerprint density at radius 1 is 1.13 bits per heavy atom. The molecular formula is C29H34ClN5O4. The van der Waals surface area contributed by atoms with Gasteiger partial charge in [-0.2, -0.15) is 0 Å². The van der Waals surface area contributed by atoms with E-state index in [0.29, 0.717) is 36.8 Å². The highest BCUT2D eigenvalue weighted by molar-refractivity contribution is 6.30. The van der Waals surface area contributed by atoms with Crippen molar-refractivity contribution in [3.8, 4) is 0 Å². The molecule has 4 N–H and O–H groups in total. The van der Waals surface area contributed by atoms with Gasteiger partial charge >= 0.3 is 6.09 Å². The number of halogens is 1. The third-order valence-electron chi connectivity index (χ3n) is 6.51. The van der Waals surface area contributed by atoms with E-state index < -0.39 is 23.8 Å². The second-order valence-corrected chi connectivity index (χ2v) is 11.1. The van der Waals surface area contributed by atoms with E-state index in [1.54, 1.807) is 56.1 Å². The fourth-order valence-electron chi connectivity index (χ4n) is 4.68. The summed E-state index contributed by atoms with van der Waals surface area (Å²) < 4.78 is 5.40. The first kappa shape index (κ1) is 28.2. The summed E-state index contributed by atoms with van der Waals surface area (Å²) in [7, 11) is 0. The van der Waals surface area contributed by atoms with Gasteiger partial charge in [0.25, 0.3) is 0 Å². The highest BCUT2D eigenvalue weighted by Crippen LogP contribution is 2.22. The van der Waals surface area contributed by atoms with Gasteiger partial charge in [0, 0.05) is 36.1 Å². The Labute approximate surface area is 233 Å². The number of fused-ring (bicyclic) bond motifs is 1. The number of hydrogen-bond donors (Lipinski definition) is 3. The molecule has 9 nitrogen and oxygen atoms in total. The summed E-state index contributed by atoms with van der Waals surface area (Å²) in [5.41, 5.74) is 6.94. The van der Waals surface area contributed by atoms with Gasteiger partial charge in [-0.05, 0) is 74.4 Å². The van der Waals surface area contributed by atoms with Crippen molar-refractivity contribution in [2.24, 2.45) is 0 Å². The van der Waals surface area contributed by atoms with E-state index in [2.05, 4.69) is 15.6 Å². The van der Waals surface area contributed by atoms with Crippen LogP contribution in [0, 0.1) is 0 Å². The van der Waals surface area contributed by atoms with Crippen LogP contribution in [0.25, 0.3) is 10.8 Å². The van der Waals surface area contributed by atoms with Crippen LogP contribution in [-0.2, 0) is 27.3 Å². The van der Waals surface area contributed by atoms with E-state index in [4.69, 9.17) is 22.1 Å². The number of anilines is 1. The van der Waals surface area contributed by atoms with E-state index in [1.165, 1.54) is 0 Å². The normalized spacial score (nSPS) is 16.1. The van der Waals surface area contributed by atoms with Crippen molar-refractivity contribution in [2.75, 3.05) is 12.3 Å². The first-order chi connectivity index (χ1) is 18.5. The van der Waals surface area contributed by atoms with Crippen molar-refractivity contribution in [2.45, 2.75) is 64.3 Å². The van der Waals surface area contributed by atoms with Crippen molar-refractivity contribution in [3.63, 3.8) is 0 Å². The third kappa shape index (κ3) is 7.38. The summed E-state index contributed by atoms with van der Waals surface area (Å²) in [5.74, 6) is -0.115. The SMILES string of the molecule is CC(C)(C)OC(=O)N[C@H](Cc1ccc(Cl)cc1)C(=O)N1CCC[C@H]1C(=O)NCc1ccc2c(N)nccc2c1. The van der Waals surface area contributed by atoms with Crippen LogP contribution in [0.15, 0.2) is 54.7 Å². The van der Waals surface area contributed by atoms with Crippen LogP contribution in [0.5, 0.6) is 0 Å². The Morgan fingerprint density at radius 2 is 1.85 bits per heavy atom. The number of ether oxygens (including phenoxy) is 1. The van der Waals surface area contributed by atoms with Gasteiger partial charge < -0.3 is 26.0 Å². The lowest BCUT2D eigenvalue weighted by Crippen LogP contribution is -2.54. The van der Waals surface area contributed by atoms with Crippen molar-refractivity contribution in [3.05, 3.63) is 70.9 Å². The topological polar surface area (TPSA) is 127 Å².